The normalized spacial score (nSPS) is 14.1. The van der Waals surface area contributed by atoms with Gasteiger partial charge in [0.2, 0.25) is 5.91 Å². The van der Waals surface area contributed by atoms with Crippen molar-refractivity contribution in [1.29, 1.82) is 0 Å². The molecule has 0 aliphatic carbocycles. The fourth-order valence-electron chi connectivity index (χ4n) is 3.23. The standard InChI is InChI=1S/C22H25ClN2O3/c1-17-19(23)8-5-9-20(17)28-16-22(27)25-14-12-24(13-15-25)21(26)11-10-18-6-3-2-4-7-18/h2-9H,10-16H2,1H3. The van der Waals surface area contributed by atoms with Crippen LogP contribution in [0.4, 0.5) is 0 Å². The van der Waals surface area contributed by atoms with Gasteiger partial charge in [-0.3, -0.25) is 9.59 Å². The highest BCUT2D eigenvalue weighted by atomic mass is 35.5. The molecule has 0 spiro atoms. The van der Waals surface area contributed by atoms with Crippen LogP contribution in [-0.4, -0.2) is 54.4 Å². The van der Waals surface area contributed by atoms with Crippen LogP contribution >= 0.6 is 11.6 Å². The Morgan fingerprint density at radius 2 is 1.57 bits per heavy atom. The Morgan fingerprint density at radius 1 is 0.929 bits per heavy atom. The van der Waals surface area contributed by atoms with Crippen LogP contribution in [0.5, 0.6) is 5.75 Å². The molecule has 1 aliphatic heterocycles. The van der Waals surface area contributed by atoms with Crippen LogP contribution in [0, 0.1) is 6.92 Å². The maximum absolute atomic E-state index is 12.4. The Hall–Kier alpha value is -2.53. The summed E-state index contributed by atoms with van der Waals surface area (Å²) in [5, 5.41) is 0.618. The topological polar surface area (TPSA) is 49.9 Å². The molecule has 28 heavy (non-hydrogen) atoms. The smallest absolute Gasteiger partial charge is 0.260 e. The van der Waals surface area contributed by atoms with Crippen molar-refractivity contribution in [1.82, 2.24) is 9.80 Å². The predicted molar refractivity (Wildman–Crippen MR) is 110 cm³/mol. The molecule has 0 atom stereocenters. The Morgan fingerprint density at radius 3 is 2.25 bits per heavy atom. The van der Waals surface area contributed by atoms with Gasteiger partial charge in [0.05, 0.1) is 0 Å². The minimum atomic E-state index is -0.0734. The lowest BCUT2D eigenvalue weighted by Gasteiger charge is -2.34. The van der Waals surface area contributed by atoms with E-state index in [0.29, 0.717) is 43.4 Å². The van der Waals surface area contributed by atoms with E-state index in [0.717, 1.165) is 17.5 Å². The summed E-state index contributed by atoms with van der Waals surface area (Å²) < 4.78 is 5.64. The first-order valence-electron chi connectivity index (χ1n) is 9.52. The molecule has 0 saturated carbocycles. The molecule has 1 heterocycles. The molecule has 3 rings (SSSR count). The van der Waals surface area contributed by atoms with Crippen LogP contribution in [0.3, 0.4) is 0 Å². The largest absolute Gasteiger partial charge is 0.483 e. The molecule has 5 nitrogen and oxygen atoms in total. The van der Waals surface area contributed by atoms with Crippen molar-refractivity contribution < 1.29 is 14.3 Å². The Bertz CT molecular complexity index is 818. The number of amides is 2. The van der Waals surface area contributed by atoms with Gasteiger partial charge in [0.15, 0.2) is 6.61 Å². The van der Waals surface area contributed by atoms with E-state index >= 15 is 0 Å². The van der Waals surface area contributed by atoms with Crippen LogP contribution in [-0.2, 0) is 16.0 Å². The number of carbonyl (C=O) groups excluding carboxylic acids is 2. The first-order chi connectivity index (χ1) is 13.5. The average Bonchev–Trinajstić information content (AvgIpc) is 2.73. The van der Waals surface area contributed by atoms with E-state index in [1.54, 1.807) is 23.1 Å². The molecule has 0 radical (unpaired) electrons. The minimum absolute atomic E-state index is 0.0247. The zero-order valence-corrected chi connectivity index (χ0v) is 16.8. The van der Waals surface area contributed by atoms with Crippen molar-refractivity contribution in [3.63, 3.8) is 0 Å². The third-order valence-corrected chi connectivity index (χ3v) is 5.43. The van der Waals surface area contributed by atoms with Crippen molar-refractivity contribution >= 4 is 23.4 Å². The molecule has 1 aliphatic rings. The van der Waals surface area contributed by atoms with Crippen LogP contribution in [0.15, 0.2) is 48.5 Å². The van der Waals surface area contributed by atoms with E-state index in [1.807, 2.05) is 42.2 Å². The number of halogens is 1. The molecule has 0 unspecified atom stereocenters. The maximum Gasteiger partial charge on any atom is 0.260 e. The SMILES string of the molecule is Cc1c(Cl)cccc1OCC(=O)N1CCN(C(=O)CCc2ccccc2)CC1. The number of hydrogen-bond donors (Lipinski definition) is 0. The van der Waals surface area contributed by atoms with E-state index in [-0.39, 0.29) is 18.4 Å². The Labute approximate surface area is 170 Å². The molecule has 0 aromatic heterocycles. The zero-order valence-electron chi connectivity index (χ0n) is 16.1. The lowest BCUT2D eigenvalue weighted by Crippen LogP contribution is -2.51. The van der Waals surface area contributed by atoms with E-state index in [4.69, 9.17) is 16.3 Å². The number of aryl methyl sites for hydroxylation is 1. The lowest BCUT2D eigenvalue weighted by atomic mass is 10.1. The summed E-state index contributed by atoms with van der Waals surface area (Å²) in [5.41, 5.74) is 1.99. The van der Waals surface area contributed by atoms with Gasteiger partial charge in [0.25, 0.3) is 5.91 Å². The van der Waals surface area contributed by atoms with Crippen LogP contribution in [0.2, 0.25) is 5.02 Å². The van der Waals surface area contributed by atoms with Crippen molar-refractivity contribution in [2.75, 3.05) is 32.8 Å². The average molecular weight is 401 g/mol. The van der Waals surface area contributed by atoms with Gasteiger partial charge < -0.3 is 14.5 Å². The summed E-state index contributed by atoms with van der Waals surface area (Å²) in [6.45, 7) is 4.04. The third kappa shape index (κ3) is 5.26. The summed E-state index contributed by atoms with van der Waals surface area (Å²) in [5.74, 6) is 0.688. The molecular formula is C22H25ClN2O3. The molecule has 2 amide bonds. The number of rotatable bonds is 6. The van der Waals surface area contributed by atoms with Gasteiger partial charge in [-0.1, -0.05) is 48.0 Å². The molecule has 148 valence electrons. The first kappa shape index (κ1) is 20.2. The zero-order chi connectivity index (χ0) is 19.9. The van der Waals surface area contributed by atoms with Gasteiger partial charge in [0.1, 0.15) is 5.75 Å². The molecule has 2 aromatic carbocycles. The second-order valence-electron chi connectivity index (χ2n) is 6.90. The second-order valence-corrected chi connectivity index (χ2v) is 7.31. The molecular weight excluding hydrogens is 376 g/mol. The van der Waals surface area contributed by atoms with Gasteiger partial charge in [-0.25, -0.2) is 0 Å². The highest BCUT2D eigenvalue weighted by Crippen LogP contribution is 2.25. The van der Waals surface area contributed by atoms with Gasteiger partial charge in [0, 0.05) is 43.2 Å². The molecule has 1 fully saturated rings. The summed E-state index contributed by atoms with van der Waals surface area (Å²) in [7, 11) is 0. The van der Waals surface area contributed by atoms with Crippen molar-refractivity contribution in [3.05, 3.63) is 64.7 Å². The third-order valence-electron chi connectivity index (χ3n) is 5.02. The van der Waals surface area contributed by atoms with E-state index < -0.39 is 0 Å². The summed E-state index contributed by atoms with van der Waals surface area (Å²) >= 11 is 6.08. The van der Waals surface area contributed by atoms with Crippen molar-refractivity contribution in [2.45, 2.75) is 19.8 Å². The molecule has 2 aromatic rings. The number of benzene rings is 2. The van der Waals surface area contributed by atoms with Crippen LogP contribution < -0.4 is 4.74 Å². The van der Waals surface area contributed by atoms with Gasteiger partial charge in [-0.15, -0.1) is 0 Å². The number of carbonyl (C=O) groups is 2. The Kier molecular flexibility index (Phi) is 6.93. The number of piperazine rings is 1. The van der Waals surface area contributed by atoms with Gasteiger partial charge >= 0.3 is 0 Å². The van der Waals surface area contributed by atoms with Crippen LogP contribution in [0.25, 0.3) is 0 Å². The van der Waals surface area contributed by atoms with Crippen molar-refractivity contribution in [2.24, 2.45) is 0 Å². The molecule has 1 saturated heterocycles. The van der Waals surface area contributed by atoms with Crippen molar-refractivity contribution in [3.8, 4) is 5.75 Å². The lowest BCUT2D eigenvalue weighted by molar-refractivity contribution is -0.140. The first-order valence-corrected chi connectivity index (χ1v) is 9.90. The molecule has 0 N–H and O–H groups in total. The highest BCUT2D eigenvalue weighted by molar-refractivity contribution is 6.31. The maximum atomic E-state index is 12.4. The van der Waals surface area contributed by atoms with E-state index in [9.17, 15) is 9.59 Å². The van der Waals surface area contributed by atoms with Crippen LogP contribution in [0.1, 0.15) is 17.5 Å². The fraction of sp³-hybridized carbons (Fsp3) is 0.364. The fourth-order valence-corrected chi connectivity index (χ4v) is 3.40. The quantitative estimate of drug-likeness (QED) is 0.747. The number of nitrogens with zero attached hydrogens (tertiary/aromatic N) is 2. The Balaban J connectivity index is 1.42. The monoisotopic (exact) mass is 400 g/mol. The second kappa shape index (κ2) is 9.60. The molecule has 0 bridgehead atoms. The summed E-state index contributed by atoms with van der Waals surface area (Å²) in [4.78, 5) is 28.4. The number of ether oxygens (including phenoxy) is 1. The summed E-state index contributed by atoms with van der Waals surface area (Å²) in [6.07, 6.45) is 1.24. The molecule has 6 heteroatoms. The number of hydrogen-bond acceptors (Lipinski definition) is 3. The minimum Gasteiger partial charge on any atom is -0.483 e. The van der Waals surface area contributed by atoms with E-state index in [1.165, 1.54) is 0 Å². The summed E-state index contributed by atoms with van der Waals surface area (Å²) in [6, 6.07) is 15.4. The highest BCUT2D eigenvalue weighted by Gasteiger charge is 2.24. The van der Waals surface area contributed by atoms with E-state index in [2.05, 4.69) is 0 Å². The predicted octanol–water partition coefficient (Wildman–Crippen LogP) is 3.33. The van der Waals surface area contributed by atoms with Gasteiger partial charge in [-0.2, -0.15) is 0 Å². The van der Waals surface area contributed by atoms with Gasteiger partial charge in [-0.05, 0) is 31.0 Å².